The molecule has 0 aliphatic rings. The van der Waals surface area contributed by atoms with Crippen molar-refractivity contribution in [1.82, 2.24) is 9.97 Å². The number of halogens is 2. The molecule has 19 nitrogen and oxygen atoms in total. The molecule has 0 atom stereocenters. The van der Waals surface area contributed by atoms with Crippen LogP contribution in [0.3, 0.4) is 0 Å². The van der Waals surface area contributed by atoms with Crippen LogP contribution in [0.15, 0.2) is 72.3 Å². The minimum atomic E-state index is -5.78. The van der Waals surface area contributed by atoms with E-state index in [0.29, 0.717) is 0 Å². The van der Waals surface area contributed by atoms with E-state index in [1.165, 1.54) is 13.0 Å². The zero-order chi connectivity index (χ0) is 37.3. The first-order valence-electron chi connectivity index (χ1n) is 12.7. The predicted molar refractivity (Wildman–Crippen MR) is 162 cm³/mol. The Bertz CT molecular complexity index is 2820. The molecule has 0 bridgehead atoms. The molecule has 0 saturated carbocycles. The van der Waals surface area contributed by atoms with Gasteiger partial charge in [0, 0.05) is 11.1 Å². The molecule has 0 aliphatic heterocycles. The van der Waals surface area contributed by atoms with Gasteiger partial charge in [-0.05, 0) is 59.5 Å². The summed E-state index contributed by atoms with van der Waals surface area (Å²) in [7, 11) is -22.4. The summed E-state index contributed by atoms with van der Waals surface area (Å²) in [5.74, 6) is -3.13. The number of benzene rings is 4. The van der Waals surface area contributed by atoms with E-state index in [2.05, 4.69) is 25.5 Å². The number of aryl methyl sites for hydroxylation is 1. The standard InChI is InChI=1S/C25H17ClFN5O14S4.4Na/c1-9-20(26)24(30-25(27)28-9)29-11-2-3-13-10(4-11)5-18(50(44,45)46)21(22(13)33)32-31-15-8-16(48(38,39)40)14-6-12(47(35,36)37)7-17(49(41,42)43)19(14)23(15)34;;;;/h2-8,33-34H,1H3,(H,28,29,30)(H,35,36,37)(H,38,39,40)(H,41,42,43)(H,44,45,46);;;;/q;4*+1/p-4. The third kappa shape index (κ3) is 10.9. The third-order valence-corrected chi connectivity index (χ3v) is 10.6. The Morgan fingerprint density at radius 3 is 1.87 bits per heavy atom. The molecular weight excluding hydrogens is 869 g/mol. The molecule has 5 aromatic rings. The summed E-state index contributed by atoms with van der Waals surface area (Å²) in [4.78, 5) is 1.13. The first-order chi connectivity index (χ1) is 22.9. The number of anilines is 2. The van der Waals surface area contributed by atoms with Gasteiger partial charge >= 0.3 is 124 Å². The van der Waals surface area contributed by atoms with Crippen molar-refractivity contribution in [2.24, 2.45) is 10.2 Å². The van der Waals surface area contributed by atoms with E-state index in [1.807, 2.05) is 0 Å². The fraction of sp³-hybridized carbons (Fsp3) is 0.0400. The average molecular weight is 882 g/mol. The Hall–Kier alpha value is -0.660. The zero-order valence-electron chi connectivity index (χ0n) is 28.0. The number of nitrogens with one attached hydrogen (secondary N) is 1. The van der Waals surface area contributed by atoms with Crippen LogP contribution in [0.25, 0.3) is 21.5 Å². The SMILES string of the molecule is Cc1nc(F)nc(Nc2ccc3c([O-])c(N=Nc4cc(S(=O)(=O)[O-])c5cc(S(=O)(=O)[O-])cc(S(=O)(=O)O)c5c4[O-])c(S(=O)(=O)O)cc3c2)c1Cl.[Na+].[Na+].[Na+].[Na+]. The number of rotatable bonds is 8. The Kier molecular flexibility index (Phi) is 17.6. The average Bonchev–Trinajstić information content (AvgIpc) is 2.97. The maximum Gasteiger partial charge on any atom is 1.00 e. The number of hydrogen-bond donors (Lipinski definition) is 3. The molecular formula is C25H13ClFN5Na4O14S4. The van der Waals surface area contributed by atoms with E-state index in [-0.39, 0.29) is 169 Å². The van der Waals surface area contributed by atoms with Gasteiger partial charge in [-0.25, -0.2) is 21.8 Å². The fourth-order valence-corrected chi connectivity index (χ4v) is 7.41. The molecule has 0 spiro atoms. The van der Waals surface area contributed by atoms with Crippen LogP contribution in [0.5, 0.6) is 11.5 Å². The predicted octanol–water partition coefficient (Wildman–Crippen LogP) is -9.49. The van der Waals surface area contributed by atoms with Crippen LogP contribution in [0.1, 0.15) is 5.69 Å². The van der Waals surface area contributed by atoms with E-state index in [4.69, 9.17) is 11.6 Å². The molecule has 54 heavy (non-hydrogen) atoms. The minimum Gasteiger partial charge on any atom is -0.871 e. The van der Waals surface area contributed by atoms with Gasteiger partial charge < -0.3 is 24.6 Å². The Labute approximate surface area is 398 Å². The van der Waals surface area contributed by atoms with Gasteiger partial charge in [-0.15, -0.1) is 5.11 Å². The van der Waals surface area contributed by atoms with E-state index < -0.39 is 99.8 Å². The number of aromatic nitrogens is 2. The topological polar surface area (TPSA) is 332 Å². The molecule has 4 aromatic carbocycles. The van der Waals surface area contributed by atoms with Crippen LogP contribution in [-0.4, -0.2) is 61.9 Å². The summed E-state index contributed by atoms with van der Waals surface area (Å²) in [5, 5.41) is 33.0. The van der Waals surface area contributed by atoms with E-state index in [9.17, 15) is 66.5 Å². The molecule has 0 amide bonds. The largest absolute Gasteiger partial charge is 1.00 e. The van der Waals surface area contributed by atoms with Gasteiger partial charge in [0.05, 0.1) is 26.9 Å². The summed E-state index contributed by atoms with van der Waals surface area (Å²) in [6.45, 7) is 1.38. The molecule has 5 rings (SSSR count). The maximum absolute atomic E-state index is 13.7. The normalized spacial score (nSPS) is 12.1. The van der Waals surface area contributed by atoms with Crippen molar-refractivity contribution in [3.8, 4) is 11.5 Å². The second-order valence-electron chi connectivity index (χ2n) is 9.98. The fourth-order valence-electron chi connectivity index (χ4n) is 4.60. The smallest absolute Gasteiger partial charge is 0.871 e. The molecule has 0 fully saturated rings. The first-order valence-corrected chi connectivity index (χ1v) is 18.8. The molecule has 264 valence electrons. The van der Waals surface area contributed by atoms with Crippen molar-refractivity contribution in [3.05, 3.63) is 59.3 Å². The van der Waals surface area contributed by atoms with E-state index >= 15 is 0 Å². The van der Waals surface area contributed by atoms with Gasteiger partial charge in [-0.1, -0.05) is 29.2 Å². The second kappa shape index (κ2) is 18.5. The van der Waals surface area contributed by atoms with Gasteiger partial charge in [-0.2, -0.15) is 31.3 Å². The van der Waals surface area contributed by atoms with Crippen LogP contribution in [0.4, 0.5) is 27.3 Å². The van der Waals surface area contributed by atoms with Crippen LogP contribution in [0.2, 0.25) is 5.02 Å². The minimum absolute atomic E-state index is 0. The molecule has 0 unspecified atom stereocenters. The number of azo groups is 1. The Balaban J connectivity index is 0.00000364. The summed E-state index contributed by atoms with van der Waals surface area (Å²) >= 11 is 6.09. The van der Waals surface area contributed by atoms with Crippen molar-refractivity contribution in [2.45, 2.75) is 26.5 Å². The first kappa shape index (κ1) is 51.4. The van der Waals surface area contributed by atoms with Crippen molar-refractivity contribution in [3.63, 3.8) is 0 Å². The van der Waals surface area contributed by atoms with Crippen molar-refractivity contribution < 1.29 is 185 Å². The summed E-state index contributed by atoms with van der Waals surface area (Å²) in [5.41, 5.74) is -2.30. The Morgan fingerprint density at radius 2 is 1.33 bits per heavy atom. The van der Waals surface area contributed by atoms with Gasteiger partial charge in [0.15, 0.2) is 5.82 Å². The molecule has 0 radical (unpaired) electrons. The third-order valence-electron chi connectivity index (χ3n) is 6.72. The molecule has 0 saturated heterocycles. The summed E-state index contributed by atoms with van der Waals surface area (Å²) in [6, 6.07) is 4.60. The van der Waals surface area contributed by atoms with Crippen LogP contribution >= 0.6 is 11.6 Å². The van der Waals surface area contributed by atoms with Gasteiger partial charge in [-0.3, -0.25) is 9.11 Å². The van der Waals surface area contributed by atoms with Crippen LogP contribution < -0.4 is 134 Å². The molecule has 29 heteroatoms. The van der Waals surface area contributed by atoms with E-state index in [0.717, 1.165) is 18.2 Å². The van der Waals surface area contributed by atoms with Crippen LogP contribution in [0, 0.1) is 13.0 Å². The Morgan fingerprint density at radius 1 is 0.741 bits per heavy atom. The van der Waals surface area contributed by atoms with Gasteiger partial charge in [0.2, 0.25) is 0 Å². The number of fused-ring (bicyclic) bond motifs is 2. The van der Waals surface area contributed by atoms with Gasteiger partial charge in [0.1, 0.15) is 35.0 Å². The molecule has 3 N–H and O–H groups in total. The summed E-state index contributed by atoms with van der Waals surface area (Å²) in [6.07, 6.45) is -1.14. The van der Waals surface area contributed by atoms with Crippen LogP contribution in [-0.2, 0) is 40.5 Å². The monoisotopic (exact) mass is 881 g/mol. The van der Waals surface area contributed by atoms with Crippen molar-refractivity contribution in [1.29, 1.82) is 0 Å². The van der Waals surface area contributed by atoms with Gasteiger partial charge in [0.25, 0.3) is 20.2 Å². The number of nitrogens with zero attached hydrogens (tertiary/aromatic N) is 4. The zero-order valence-corrected chi connectivity index (χ0v) is 40.0. The second-order valence-corrected chi connectivity index (χ2v) is 15.9. The molecule has 1 aromatic heterocycles. The quantitative estimate of drug-likeness (QED) is 0.0564. The summed E-state index contributed by atoms with van der Waals surface area (Å²) < 4.78 is 153. The maximum atomic E-state index is 13.7. The van der Waals surface area contributed by atoms with Crippen molar-refractivity contribution >= 4 is 96.5 Å². The van der Waals surface area contributed by atoms with E-state index in [1.54, 1.807) is 0 Å². The molecule has 0 aliphatic carbocycles. The van der Waals surface area contributed by atoms with Crippen molar-refractivity contribution in [2.75, 3.05) is 5.32 Å². The molecule has 1 heterocycles. The number of hydrogen-bond acceptors (Lipinski definition) is 17.